The van der Waals surface area contributed by atoms with Gasteiger partial charge in [0.25, 0.3) is 0 Å². The van der Waals surface area contributed by atoms with E-state index in [1.54, 1.807) is 17.2 Å². The van der Waals surface area contributed by atoms with E-state index in [1.807, 2.05) is 14.1 Å². The lowest BCUT2D eigenvalue weighted by Crippen LogP contribution is -2.42. The minimum atomic E-state index is -0.782. The lowest BCUT2D eigenvalue weighted by molar-refractivity contribution is -0.153. The van der Waals surface area contributed by atoms with Crippen LogP contribution in [0, 0.1) is 5.41 Å². The van der Waals surface area contributed by atoms with Crippen molar-refractivity contribution in [2.45, 2.75) is 12.8 Å². The number of hydrogen-bond acceptors (Lipinski definition) is 6. The second kappa shape index (κ2) is 6.04. The molecule has 1 saturated heterocycles. The van der Waals surface area contributed by atoms with Crippen LogP contribution in [0.5, 0.6) is 0 Å². The van der Waals surface area contributed by atoms with Gasteiger partial charge in [0.15, 0.2) is 0 Å². The van der Waals surface area contributed by atoms with E-state index in [0.717, 1.165) is 0 Å². The molecule has 0 aromatic carbocycles. The SMILES string of the molecule is CN(C)c1nccc(NCC2(C(=O)O)CCOCC2)n1. The van der Waals surface area contributed by atoms with Crippen molar-refractivity contribution in [3.8, 4) is 0 Å². The monoisotopic (exact) mass is 280 g/mol. The summed E-state index contributed by atoms with van der Waals surface area (Å²) in [5, 5.41) is 12.6. The molecule has 20 heavy (non-hydrogen) atoms. The molecule has 0 atom stereocenters. The van der Waals surface area contributed by atoms with Crippen LogP contribution < -0.4 is 10.2 Å². The second-order valence-corrected chi connectivity index (χ2v) is 5.19. The number of nitrogens with zero attached hydrogens (tertiary/aromatic N) is 3. The number of ether oxygens (including phenoxy) is 1. The molecule has 110 valence electrons. The van der Waals surface area contributed by atoms with Crippen molar-refractivity contribution in [2.75, 3.05) is 44.1 Å². The molecular weight excluding hydrogens is 260 g/mol. The van der Waals surface area contributed by atoms with Crippen molar-refractivity contribution < 1.29 is 14.6 Å². The molecule has 0 unspecified atom stereocenters. The number of carboxylic acids is 1. The molecule has 1 aromatic heterocycles. The fourth-order valence-electron chi connectivity index (χ4n) is 2.15. The largest absolute Gasteiger partial charge is 0.481 e. The predicted molar refractivity (Wildman–Crippen MR) is 75.0 cm³/mol. The Bertz CT molecular complexity index is 472. The van der Waals surface area contributed by atoms with Crippen molar-refractivity contribution in [3.05, 3.63) is 12.3 Å². The van der Waals surface area contributed by atoms with Crippen LogP contribution >= 0.6 is 0 Å². The minimum absolute atomic E-state index is 0.343. The van der Waals surface area contributed by atoms with Gasteiger partial charge in [0.1, 0.15) is 5.82 Å². The van der Waals surface area contributed by atoms with Crippen molar-refractivity contribution in [1.29, 1.82) is 0 Å². The Morgan fingerprint density at radius 2 is 2.20 bits per heavy atom. The lowest BCUT2D eigenvalue weighted by atomic mass is 9.80. The minimum Gasteiger partial charge on any atom is -0.481 e. The van der Waals surface area contributed by atoms with E-state index in [2.05, 4.69) is 15.3 Å². The standard InChI is InChI=1S/C13H20N4O3/c1-17(2)12-14-6-3-10(16-12)15-9-13(11(18)19)4-7-20-8-5-13/h3,6H,4-5,7-9H2,1-2H3,(H,18,19)(H,14,15,16). The van der Waals surface area contributed by atoms with Gasteiger partial charge in [0.2, 0.25) is 5.95 Å². The summed E-state index contributed by atoms with van der Waals surface area (Å²) in [4.78, 5) is 21.8. The zero-order valence-corrected chi connectivity index (χ0v) is 11.8. The fraction of sp³-hybridized carbons (Fsp3) is 0.615. The smallest absolute Gasteiger partial charge is 0.311 e. The third-order valence-corrected chi connectivity index (χ3v) is 3.55. The number of carbonyl (C=O) groups is 1. The summed E-state index contributed by atoms with van der Waals surface area (Å²) < 4.78 is 5.25. The first-order valence-electron chi connectivity index (χ1n) is 6.59. The molecule has 0 aliphatic carbocycles. The Hall–Kier alpha value is -1.89. The van der Waals surface area contributed by atoms with Gasteiger partial charge in [-0.3, -0.25) is 4.79 Å². The van der Waals surface area contributed by atoms with Crippen LogP contribution in [-0.2, 0) is 9.53 Å². The maximum Gasteiger partial charge on any atom is 0.311 e. The number of anilines is 2. The molecule has 2 rings (SSSR count). The topological polar surface area (TPSA) is 87.6 Å². The van der Waals surface area contributed by atoms with Crippen LogP contribution in [0.1, 0.15) is 12.8 Å². The van der Waals surface area contributed by atoms with E-state index in [9.17, 15) is 9.90 Å². The zero-order chi connectivity index (χ0) is 14.6. The van der Waals surface area contributed by atoms with E-state index in [0.29, 0.717) is 44.4 Å². The highest BCUT2D eigenvalue weighted by molar-refractivity contribution is 5.75. The van der Waals surface area contributed by atoms with Crippen LogP contribution in [0.15, 0.2) is 12.3 Å². The van der Waals surface area contributed by atoms with Gasteiger partial charge in [-0.25, -0.2) is 4.98 Å². The van der Waals surface area contributed by atoms with Crippen LogP contribution in [0.25, 0.3) is 0 Å². The first-order valence-corrected chi connectivity index (χ1v) is 6.59. The van der Waals surface area contributed by atoms with Gasteiger partial charge < -0.3 is 20.1 Å². The maximum atomic E-state index is 11.5. The Morgan fingerprint density at radius 1 is 1.50 bits per heavy atom. The van der Waals surface area contributed by atoms with Crippen molar-refractivity contribution in [3.63, 3.8) is 0 Å². The highest BCUT2D eigenvalue weighted by atomic mass is 16.5. The molecule has 0 saturated carbocycles. The second-order valence-electron chi connectivity index (χ2n) is 5.19. The van der Waals surface area contributed by atoms with Gasteiger partial charge in [-0.1, -0.05) is 0 Å². The Morgan fingerprint density at radius 3 is 2.80 bits per heavy atom. The highest BCUT2D eigenvalue weighted by Crippen LogP contribution is 2.31. The molecule has 0 spiro atoms. The molecule has 1 aliphatic heterocycles. The Kier molecular flexibility index (Phi) is 4.39. The number of hydrogen-bond donors (Lipinski definition) is 2. The molecule has 1 fully saturated rings. The maximum absolute atomic E-state index is 11.5. The molecule has 0 amide bonds. The molecule has 1 aliphatic rings. The molecule has 2 N–H and O–H groups in total. The third-order valence-electron chi connectivity index (χ3n) is 3.55. The summed E-state index contributed by atoms with van der Waals surface area (Å²) in [5.74, 6) is 0.442. The van der Waals surface area contributed by atoms with E-state index < -0.39 is 11.4 Å². The van der Waals surface area contributed by atoms with Gasteiger partial charge in [-0.15, -0.1) is 0 Å². The molecule has 2 heterocycles. The van der Waals surface area contributed by atoms with Crippen molar-refractivity contribution in [2.24, 2.45) is 5.41 Å². The first kappa shape index (κ1) is 14.5. The summed E-state index contributed by atoms with van der Waals surface area (Å²) in [7, 11) is 3.71. The lowest BCUT2D eigenvalue weighted by Gasteiger charge is -2.33. The summed E-state index contributed by atoms with van der Waals surface area (Å²) in [6, 6.07) is 1.74. The summed E-state index contributed by atoms with van der Waals surface area (Å²) >= 11 is 0. The van der Waals surface area contributed by atoms with Crippen molar-refractivity contribution in [1.82, 2.24) is 9.97 Å². The van der Waals surface area contributed by atoms with Crippen LogP contribution in [0.3, 0.4) is 0 Å². The van der Waals surface area contributed by atoms with Gasteiger partial charge in [0, 0.05) is 40.1 Å². The number of aliphatic carboxylic acids is 1. The van der Waals surface area contributed by atoms with Gasteiger partial charge >= 0.3 is 5.97 Å². The zero-order valence-electron chi connectivity index (χ0n) is 11.8. The predicted octanol–water partition coefficient (Wildman–Crippen LogP) is 0.836. The number of rotatable bonds is 5. The van der Waals surface area contributed by atoms with E-state index in [-0.39, 0.29) is 0 Å². The molecule has 1 aromatic rings. The molecule has 0 bridgehead atoms. The first-order chi connectivity index (χ1) is 9.53. The van der Waals surface area contributed by atoms with E-state index >= 15 is 0 Å². The van der Waals surface area contributed by atoms with Crippen LogP contribution in [-0.4, -0.2) is 54.9 Å². The van der Waals surface area contributed by atoms with Gasteiger partial charge in [-0.2, -0.15) is 4.98 Å². The van der Waals surface area contributed by atoms with E-state index in [4.69, 9.17) is 4.74 Å². The van der Waals surface area contributed by atoms with Gasteiger partial charge in [-0.05, 0) is 18.9 Å². The highest BCUT2D eigenvalue weighted by Gasteiger charge is 2.40. The number of aromatic nitrogens is 2. The molecular formula is C13H20N4O3. The fourth-order valence-corrected chi connectivity index (χ4v) is 2.15. The van der Waals surface area contributed by atoms with Crippen LogP contribution in [0.4, 0.5) is 11.8 Å². The van der Waals surface area contributed by atoms with Gasteiger partial charge in [0.05, 0.1) is 5.41 Å². The molecule has 7 nitrogen and oxygen atoms in total. The molecule has 0 radical (unpaired) electrons. The summed E-state index contributed by atoms with van der Waals surface area (Å²) in [6.07, 6.45) is 2.68. The number of nitrogens with one attached hydrogen (secondary N) is 1. The molecule has 7 heteroatoms. The summed E-state index contributed by atoms with van der Waals surface area (Å²) in [5.41, 5.74) is -0.776. The van der Waals surface area contributed by atoms with E-state index in [1.165, 1.54) is 0 Å². The van der Waals surface area contributed by atoms with Crippen molar-refractivity contribution >= 4 is 17.7 Å². The third kappa shape index (κ3) is 3.16. The normalized spacial score (nSPS) is 17.5. The average Bonchev–Trinajstić information content (AvgIpc) is 2.46. The summed E-state index contributed by atoms with van der Waals surface area (Å²) in [6.45, 7) is 1.32. The average molecular weight is 280 g/mol. The Labute approximate surface area is 118 Å². The number of carboxylic acid groups (broad SMARTS) is 1. The quantitative estimate of drug-likeness (QED) is 0.826. The van der Waals surface area contributed by atoms with Crippen LogP contribution in [0.2, 0.25) is 0 Å². The Balaban J connectivity index is 2.06.